The standard InChI is InChI=1S/C11H11N3OS/c1-8-10(15)13-11(16-8)14-12-7-9-5-3-2-4-6-9/h2-8H,1H3,(H,13,14,15)/b12-7+/t8-/m1/s1. The van der Waals surface area contributed by atoms with Gasteiger partial charge in [-0.25, -0.2) is 0 Å². The highest BCUT2D eigenvalue weighted by molar-refractivity contribution is 8.15. The van der Waals surface area contributed by atoms with E-state index >= 15 is 0 Å². The van der Waals surface area contributed by atoms with Crippen molar-refractivity contribution in [3.63, 3.8) is 0 Å². The minimum Gasteiger partial charge on any atom is -0.303 e. The molecule has 1 amide bonds. The van der Waals surface area contributed by atoms with Gasteiger partial charge in [0, 0.05) is 0 Å². The van der Waals surface area contributed by atoms with E-state index in [0.717, 1.165) is 5.56 Å². The predicted molar refractivity (Wildman–Crippen MR) is 66.7 cm³/mol. The molecule has 0 spiro atoms. The van der Waals surface area contributed by atoms with Crippen molar-refractivity contribution < 1.29 is 4.79 Å². The van der Waals surface area contributed by atoms with Crippen LogP contribution in [0.3, 0.4) is 0 Å². The fourth-order valence-corrected chi connectivity index (χ4v) is 1.95. The van der Waals surface area contributed by atoms with Crippen LogP contribution in [0.25, 0.3) is 0 Å². The van der Waals surface area contributed by atoms with Crippen LogP contribution < -0.4 is 5.32 Å². The number of benzene rings is 1. The van der Waals surface area contributed by atoms with E-state index in [0.29, 0.717) is 5.17 Å². The minimum absolute atomic E-state index is 0.0151. The Hall–Kier alpha value is -1.62. The fourth-order valence-electron chi connectivity index (χ4n) is 1.19. The summed E-state index contributed by atoms with van der Waals surface area (Å²) in [5.41, 5.74) is 0.981. The van der Waals surface area contributed by atoms with Gasteiger partial charge in [-0.2, -0.15) is 5.10 Å². The summed E-state index contributed by atoms with van der Waals surface area (Å²) in [5.74, 6) is -0.0151. The van der Waals surface area contributed by atoms with Gasteiger partial charge in [-0.3, -0.25) is 4.79 Å². The third kappa shape index (κ3) is 2.70. The zero-order valence-electron chi connectivity index (χ0n) is 8.75. The lowest BCUT2D eigenvalue weighted by Crippen LogP contribution is -2.23. The Morgan fingerprint density at radius 1 is 1.38 bits per heavy atom. The van der Waals surface area contributed by atoms with Crippen LogP contribution in [0.5, 0.6) is 0 Å². The van der Waals surface area contributed by atoms with Crippen LogP contribution in [-0.2, 0) is 4.79 Å². The number of rotatable bonds is 2. The fraction of sp³-hybridized carbons (Fsp3) is 0.182. The van der Waals surface area contributed by atoms with Gasteiger partial charge in [-0.05, 0) is 12.5 Å². The van der Waals surface area contributed by atoms with Gasteiger partial charge in [0.15, 0.2) is 5.17 Å². The van der Waals surface area contributed by atoms with Gasteiger partial charge in [0.2, 0.25) is 5.91 Å². The van der Waals surface area contributed by atoms with Gasteiger partial charge >= 0.3 is 0 Å². The number of thioether (sulfide) groups is 1. The summed E-state index contributed by atoms with van der Waals surface area (Å²) in [6.07, 6.45) is 1.66. The summed E-state index contributed by atoms with van der Waals surface area (Å²) in [6, 6.07) is 9.68. The Kier molecular flexibility index (Phi) is 3.36. The molecule has 1 fully saturated rings. The summed E-state index contributed by atoms with van der Waals surface area (Å²) < 4.78 is 0. The number of nitrogens with one attached hydrogen (secondary N) is 1. The minimum atomic E-state index is -0.0781. The van der Waals surface area contributed by atoms with Crippen LogP contribution in [0, 0.1) is 0 Å². The Morgan fingerprint density at radius 3 is 2.75 bits per heavy atom. The second-order valence-electron chi connectivity index (χ2n) is 3.31. The monoisotopic (exact) mass is 233 g/mol. The molecule has 16 heavy (non-hydrogen) atoms. The van der Waals surface area contributed by atoms with Crippen LogP contribution in [-0.4, -0.2) is 22.5 Å². The van der Waals surface area contributed by atoms with E-state index < -0.39 is 0 Å². The lowest BCUT2D eigenvalue weighted by atomic mass is 10.2. The molecule has 82 valence electrons. The first kappa shape index (κ1) is 10.9. The van der Waals surface area contributed by atoms with Crippen molar-refractivity contribution in [3.8, 4) is 0 Å². The maximum absolute atomic E-state index is 11.2. The molecule has 1 atom stereocenters. The predicted octanol–water partition coefficient (Wildman–Crippen LogP) is 1.63. The van der Waals surface area contributed by atoms with Crippen LogP contribution in [0.1, 0.15) is 12.5 Å². The van der Waals surface area contributed by atoms with Crippen LogP contribution in [0.15, 0.2) is 40.5 Å². The largest absolute Gasteiger partial charge is 0.303 e. The second kappa shape index (κ2) is 4.94. The molecule has 0 aromatic heterocycles. The van der Waals surface area contributed by atoms with E-state index in [2.05, 4.69) is 15.5 Å². The van der Waals surface area contributed by atoms with E-state index in [1.165, 1.54) is 11.8 Å². The molecule has 1 aromatic rings. The maximum atomic E-state index is 11.2. The molecule has 5 heteroatoms. The van der Waals surface area contributed by atoms with Crippen molar-refractivity contribution in [1.29, 1.82) is 0 Å². The summed E-state index contributed by atoms with van der Waals surface area (Å²) >= 11 is 1.38. The molecule has 1 N–H and O–H groups in total. The van der Waals surface area contributed by atoms with E-state index in [9.17, 15) is 4.79 Å². The molecule has 0 aliphatic carbocycles. The molecule has 0 bridgehead atoms. The number of hydrogen-bond donors (Lipinski definition) is 1. The molecule has 1 aliphatic heterocycles. The highest BCUT2D eigenvalue weighted by atomic mass is 32.2. The van der Waals surface area contributed by atoms with Gasteiger partial charge in [-0.1, -0.05) is 42.1 Å². The maximum Gasteiger partial charge on any atom is 0.239 e. The topological polar surface area (TPSA) is 53.8 Å². The second-order valence-corrected chi connectivity index (χ2v) is 4.64. The van der Waals surface area contributed by atoms with Gasteiger partial charge in [0.05, 0.1) is 11.5 Å². The molecule has 0 saturated carbocycles. The Morgan fingerprint density at radius 2 is 2.12 bits per heavy atom. The number of nitrogens with zero attached hydrogens (tertiary/aromatic N) is 2. The van der Waals surface area contributed by atoms with Crippen LogP contribution in [0.2, 0.25) is 0 Å². The summed E-state index contributed by atoms with van der Waals surface area (Å²) in [7, 11) is 0. The van der Waals surface area contributed by atoms with Gasteiger partial charge in [-0.15, -0.1) is 5.10 Å². The average molecular weight is 233 g/mol. The molecule has 1 saturated heterocycles. The molecule has 0 radical (unpaired) electrons. The molecular formula is C11H11N3OS. The van der Waals surface area contributed by atoms with Gasteiger partial charge in [0.1, 0.15) is 0 Å². The number of amides is 1. The molecule has 0 unspecified atom stereocenters. The zero-order chi connectivity index (χ0) is 11.4. The van der Waals surface area contributed by atoms with E-state index in [4.69, 9.17) is 0 Å². The quantitative estimate of drug-likeness (QED) is 0.623. The van der Waals surface area contributed by atoms with E-state index in [1.807, 2.05) is 37.3 Å². The van der Waals surface area contributed by atoms with E-state index in [-0.39, 0.29) is 11.2 Å². The molecule has 4 nitrogen and oxygen atoms in total. The highest BCUT2D eigenvalue weighted by Gasteiger charge is 2.25. The number of carbonyl (C=O) groups is 1. The Balaban J connectivity index is 2.00. The summed E-state index contributed by atoms with van der Waals surface area (Å²) in [5, 5.41) is 11.0. The van der Waals surface area contributed by atoms with Crippen molar-refractivity contribution in [2.24, 2.45) is 10.2 Å². The SMILES string of the molecule is C[C@H]1S/C(=N\N=C\c2ccccc2)NC1=O. The number of hydrogen-bond acceptors (Lipinski definition) is 4. The first-order chi connectivity index (χ1) is 7.75. The van der Waals surface area contributed by atoms with E-state index in [1.54, 1.807) is 6.21 Å². The van der Waals surface area contributed by atoms with Crippen molar-refractivity contribution in [3.05, 3.63) is 35.9 Å². The third-order valence-corrected chi connectivity index (χ3v) is 3.02. The summed E-state index contributed by atoms with van der Waals surface area (Å²) in [6.45, 7) is 1.84. The smallest absolute Gasteiger partial charge is 0.239 e. The normalized spacial score (nSPS) is 22.9. The summed E-state index contributed by atoms with van der Waals surface area (Å²) in [4.78, 5) is 11.2. The van der Waals surface area contributed by atoms with Gasteiger partial charge in [0.25, 0.3) is 0 Å². The van der Waals surface area contributed by atoms with Crippen LogP contribution in [0.4, 0.5) is 0 Å². The van der Waals surface area contributed by atoms with Crippen molar-refractivity contribution in [2.45, 2.75) is 12.2 Å². The lowest BCUT2D eigenvalue weighted by molar-refractivity contribution is -0.118. The molecular weight excluding hydrogens is 222 g/mol. The molecule has 1 aliphatic rings. The lowest BCUT2D eigenvalue weighted by Gasteiger charge is -1.90. The van der Waals surface area contributed by atoms with Gasteiger partial charge < -0.3 is 5.32 Å². The Bertz CT molecular complexity index is 442. The molecule has 1 heterocycles. The Labute approximate surface area is 97.8 Å². The van der Waals surface area contributed by atoms with Crippen molar-refractivity contribution >= 4 is 29.1 Å². The first-order valence-corrected chi connectivity index (χ1v) is 5.77. The first-order valence-electron chi connectivity index (χ1n) is 4.89. The highest BCUT2D eigenvalue weighted by Crippen LogP contribution is 2.18. The number of amidine groups is 1. The number of carbonyl (C=O) groups excluding carboxylic acids is 1. The van der Waals surface area contributed by atoms with Crippen molar-refractivity contribution in [2.75, 3.05) is 0 Å². The molecule has 2 rings (SSSR count). The third-order valence-electron chi connectivity index (χ3n) is 2.04. The zero-order valence-corrected chi connectivity index (χ0v) is 9.57. The van der Waals surface area contributed by atoms with Crippen LogP contribution >= 0.6 is 11.8 Å². The molecule has 1 aromatic carbocycles. The average Bonchev–Trinajstić information content (AvgIpc) is 2.60. The van der Waals surface area contributed by atoms with Crippen molar-refractivity contribution in [1.82, 2.24) is 5.32 Å².